The van der Waals surface area contributed by atoms with Gasteiger partial charge in [-0.25, -0.2) is 4.79 Å². The smallest absolute Gasteiger partial charge is 0.319 e. The molecule has 2 heterocycles. The highest BCUT2D eigenvalue weighted by molar-refractivity contribution is 5.98. The largest absolute Gasteiger partial charge is 0.492 e. The number of carbonyl (C=O) groups excluding carboxylic acids is 2. The zero-order valence-electron chi connectivity index (χ0n) is 12.7. The van der Waals surface area contributed by atoms with Crippen LogP contribution in [0.2, 0.25) is 0 Å². The highest BCUT2D eigenvalue weighted by atomic mass is 16.5. The van der Waals surface area contributed by atoms with Crippen LogP contribution in [0.3, 0.4) is 0 Å². The van der Waals surface area contributed by atoms with Gasteiger partial charge in [-0.3, -0.25) is 9.78 Å². The third-order valence-electron chi connectivity index (χ3n) is 3.24. The second kappa shape index (κ2) is 7.44. The van der Waals surface area contributed by atoms with Gasteiger partial charge in [0.2, 0.25) is 0 Å². The first-order valence-electron chi connectivity index (χ1n) is 7.17. The summed E-state index contributed by atoms with van der Waals surface area (Å²) >= 11 is 0. The van der Waals surface area contributed by atoms with Gasteiger partial charge in [-0.2, -0.15) is 0 Å². The summed E-state index contributed by atoms with van der Waals surface area (Å²) in [4.78, 5) is 27.4. The second-order valence-electron chi connectivity index (χ2n) is 5.01. The van der Waals surface area contributed by atoms with Gasteiger partial charge in [0, 0.05) is 18.4 Å². The Hall–Kier alpha value is -2.57. The van der Waals surface area contributed by atoms with Gasteiger partial charge in [0.25, 0.3) is 5.91 Å². The highest BCUT2D eigenvalue weighted by Crippen LogP contribution is 2.11. The van der Waals surface area contributed by atoms with Crippen LogP contribution in [-0.4, -0.2) is 36.1 Å². The number of hydrogen-bond donors (Lipinski definition) is 3. The van der Waals surface area contributed by atoms with Crippen molar-refractivity contribution < 1.29 is 14.3 Å². The minimum atomic E-state index is -0.305. The van der Waals surface area contributed by atoms with E-state index in [-0.39, 0.29) is 18.0 Å². The highest BCUT2D eigenvalue weighted by Gasteiger charge is 2.26. The number of pyridine rings is 1. The van der Waals surface area contributed by atoms with Crippen LogP contribution in [0.1, 0.15) is 20.3 Å². The van der Waals surface area contributed by atoms with Crippen molar-refractivity contribution >= 4 is 11.9 Å². The Morgan fingerprint density at radius 1 is 1.50 bits per heavy atom. The molecule has 0 radical (unpaired) electrons. The Balaban J connectivity index is 1.74. The molecule has 0 aliphatic carbocycles. The first-order valence-corrected chi connectivity index (χ1v) is 7.17. The number of hydrogen-bond acceptors (Lipinski definition) is 4. The van der Waals surface area contributed by atoms with Gasteiger partial charge in [-0.1, -0.05) is 0 Å². The Bertz CT molecular complexity index is 571. The molecule has 3 amide bonds. The van der Waals surface area contributed by atoms with Gasteiger partial charge in [-0.15, -0.1) is 0 Å². The summed E-state index contributed by atoms with van der Waals surface area (Å²) in [7, 11) is 0. The molecule has 0 saturated carbocycles. The summed E-state index contributed by atoms with van der Waals surface area (Å²) in [5, 5.41) is 8.09. The molecular formula is C15H20N4O3. The Labute approximate surface area is 129 Å². The number of urea groups is 1. The lowest BCUT2D eigenvalue weighted by atomic mass is 10.0. The standard InChI is InChI=1S/C15H20N4O3/c1-10-13(11(2)19-15(21)18-10)14(20)17-7-4-8-22-12-5-3-6-16-9-12/h3,5-6,9-10H,4,7-8H2,1-2H3,(H,17,20)(H2,18,19,21)/t10-/m1/s1. The van der Waals surface area contributed by atoms with Crippen LogP contribution >= 0.6 is 0 Å². The quantitative estimate of drug-likeness (QED) is 0.682. The summed E-state index contributed by atoms with van der Waals surface area (Å²) in [6, 6.07) is 3.04. The van der Waals surface area contributed by atoms with Gasteiger partial charge in [0.15, 0.2) is 0 Å². The minimum Gasteiger partial charge on any atom is -0.492 e. The van der Waals surface area contributed by atoms with Crippen LogP contribution in [0.5, 0.6) is 5.75 Å². The first-order chi connectivity index (χ1) is 10.6. The van der Waals surface area contributed by atoms with E-state index in [2.05, 4.69) is 20.9 Å². The number of nitrogens with one attached hydrogen (secondary N) is 3. The van der Waals surface area contributed by atoms with Crippen molar-refractivity contribution in [2.45, 2.75) is 26.3 Å². The van der Waals surface area contributed by atoms with Crippen molar-refractivity contribution in [2.75, 3.05) is 13.2 Å². The van der Waals surface area contributed by atoms with E-state index in [9.17, 15) is 9.59 Å². The molecule has 1 aliphatic heterocycles. The molecule has 7 heteroatoms. The second-order valence-corrected chi connectivity index (χ2v) is 5.01. The van der Waals surface area contributed by atoms with E-state index in [0.29, 0.717) is 36.6 Å². The monoisotopic (exact) mass is 304 g/mol. The molecule has 7 nitrogen and oxygen atoms in total. The summed E-state index contributed by atoms with van der Waals surface area (Å²) < 4.78 is 5.49. The molecule has 1 aromatic rings. The summed E-state index contributed by atoms with van der Waals surface area (Å²) in [6.45, 7) is 4.49. The number of nitrogens with zero attached hydrogens (tertiary/aromatic N) is 1. The van der Waals surface area contributed by atoms with Crippen molar-refractivity contribution in [3.8, 4) is 5.75 Å². The predicted octanol–water partition coefficient (Wildman–Crippen LogP) is 0.942. The van der Waals surface area contributed by atoms with E-state index < -0.39 is 0 Å². The average Bonchev–Trinajstić information content (AvgIpc) is 2.47. The molecule has 1 aromatic heterocycles. The summed E-state index contributed by atoms with van der Waals surface area (Å²) in [6.07, 6.45) is 4.01. The maximum absolute atomic E-state index is 12.1. The van der Waals surface area contributed by atoms with Crippen LogP contribution in [0, 0.1) is 0 Å². The zero-order valence-corrected chi connectivity index (χ0v) is 12.7. The molecule has 0 saturated heterocycles. The van der Waals surface area contributed by atoms with E-state index in [4.69, 9.17) is 4.74 Å². The van der Waals surface area contributed by atoms with Crippen LogP contribution in [0.25, 0.3) is 0 Å². The van der Waals surface area contributed by atoms with Crippen LogP contribution < -0.4 is 20.7 Å². The van der Waals surface area contributed by atoms with E-state index >= 15 is 0 Å². The van der Waals surface area contributed by atoms with E-state index in [1.54, 1.807) is 32.3 Å². The lowest BCUT2D eigenvalue weighted by Gasteiger charge is -2.25. The molecule has 118 valence electrons. The average molecular weight is 304 g/mol. The Morgan fingerprint density at radius 2 is 2.32 bits per heavy atom. The first kappa shape index (κ1) is 15.8. The van der Waals surface area contributed by atoms with Gasteiger partial charge in [0.05, 0.1) is 24.4 Å². The van der Waals surface area contributed by atoms with Gasteiger partial charge >= 0.3 is 6.03 Å². The van der Waals surface area contributed by atoms with Crippen LogP contribution in [0.4, 0.5) is 4.79 Å². The van der Waals surface area contributed by atoms with Gasteiger partial charge in [0.1, 0.15) is 5.75 Å². The van der Waals surface area contributed by atoms with Crippen LogP contribution in [0.15, 0.2) is 35.8 Å². The number of amides is 3. The van der Waals surface area contributed by atoms with Crippen molar-refractivity contribution in [2.24, 2.45) is 0 Å². The van der Waals surface area contributed by atoms with Gasteiger partial charge < -0.3 is 20.7 Å². The molecule has 0 spiro atoms. The predicted molar refractivity (Wildman–Crippen MR) is 81.2 cm³/mol. The molecule has 3 N–H and O–H groups in total. The molecule has 22 heavy (non-hydrogen) atoms. The van der Waals surface area contributed by atoms with Crippen molar-refractivity contribution in [3.63, 3.8) is 0 Å². The minimum absolute atomic E-state index is 0.182. The third kappa shape index (κ3) is 4.21. The molecular weight excluding hydrogens is 284 g/mol. The van der Waals surface area contributed by atoms with Crippen molar-refractivity contribution in [1.29, 1.82) is 0 Å². The molecule has 1 aliphatic rings. The Morgan fingerprint density at radius 3 is 3.00 bits per heavy atom. The van der Waals surface area contributed by atoms with Crippen molar-refractivity contribution in [3.05, 3.63) is 35.8 Å². The maximum Gasteiger partial charge on any atom is 0.319 e. The molecule has 0 aromatic carbocycles. The van der Waals surface area contributed by atoms with Crippen molar-refractivity contribution in [1.82, 2.24) is 20.9 Å². The normalized spacial score (nSPS) is 17.5. The Kier molecular flexibility index (Phi) is 5.35. The number of aromatic nitrogens is 1. The topological polar surface area (TPSA) is 92.3 Å². The fourth-order valence-corrected chi connectivity index (χ4v) is 2.23. The zero-order chi connectivity index (χ0) is 15.9. The van der Waals surface area contributed by atoms with E-state index in [1.807, 2.05) is 6.07 Å². The third-order valence-corrected chi connectivity index (χ3v) is 3.24. The lowest BCUT2D eigenvalue weighted by Crippen LogP contribution is -2.50. The maximum atomic E-state index is 12.1. The number of rotatable bonds is 6. The van der Waals surface area contributed by atoms with Crippen LogP contribution in [-0.2, 0) is 4.79 Å². The van der Waals surface area contributed by atoms with E-state index in [0.717, 1.165) is 0 Å². The summed E-state index contributed by atoms with van der Waals surface area (Å²) in [5.41, 5.74) is 1.13. The summed E-state index contributed by atoms with van der Waals surface area (Å²) in [5.74, 6) is 0.527. The molecule has 0 bridgehead atoms. The molecule has 2 rings (SSSR count). The SMILES string of the molecule is CC1=C(C(=O)NCCCOc2cccnc2)[C@@H](C)NC(=O)N1. The number of allylic oxidation sites excluding steroid dienone is 1. The van der Waals surface area contributed by atoms with Gasteiger partial charge in [-0.05, 0) is 32.4 Å². The molecule has 1 atom stereocenters. The molecule has 0 unspecified atom stereocenters. The van der Waals surface area contributed by atoms with E-state index in [1.165, 1.54) is 0 Å². The number of ether oxygens (including phenoxy) is 1. The number of carbonyl (C=O) groups is 2. The molecule has 0 fully saturated rings. The lowest BCUT2D eigenvalue weighted by molar-refractivity contribution is -0.117. The fraction of sp³-hybridized carbons (Fsp3) is 0.400. The fourth-order valence-electron chi connectivity index (χ4n) is 2.23.